The van der Waals surface area contributed by atoms with Gasteiger partial charge < -0.3 is 10.1 Å². The molecular weight excluding hydrogens is 90.1 g/mol. The molecule has 1 heterocycles. The number of hydrogen-bond donors (Lipinski definition) is 1. The zero-order valence-corrected chi connectivity index (χ0v) is 3.92. The van der Waals surface area contributed by atoms with Crippen molar-refractivity contribution in [2.45, 2.75) is 0 Å². The molecule has 0 aliphatic carbocycles. The average Bonchev–Trinajstić information content (AvgIpc) is 1.90. The third-order valence-corrected chi connectivity index (χ3v) is 0.667. The van der Waals surface area contributed by atoms with Crippen molar-refractivity contribution >= 4 is 0 Å². The number of ether oxygens (including phenoxy) is 1. The predicted octanol–water partition coefficient (Wildman–Crippen LogP) is 0.591. The molecule has 1 rings (SSSR count). The van der Waals surface area contributed by atoms with Crippen molar-refractivity contribution in [1.82, 2.24) is 5.32 Å². The van der Waals surface area contributed by atoms with Gasteiger partial charge in [-0.2, -0.15) is 0 Å². The molecule has 0 aromatic carbocycles. The van der Waals surface area contributed by atoms with E-state index in [9.17, 15) is 0 Å². The standard InChI is InChI=1S/C5H7NO/c1-2-6-3-5-7-4-1/h1-3,5-6H,4H2. The Morgan fingerprint density at radius 2 is 2.43 bits per heavy atom. The van der Waals surface area contributed by atoms with Crippen molar-refractivity contribution in [3.05, 3.63) is 24.7 Å². The Bertz CT molecular complexity index is 84.3. The maximum Gasteiger partial charge on any atom is 0.107 e. The van der Waals surface area contributed by atoms with Gasteiger partial charge in [-0.25, -0.2) is 0 Å². The van der Waals surface area contributed by atoms with Crippen LogP contribution in [0.1, 0.15) is 0 Å². The lowest BCUT2D eigenvalue weighted by Crippen LogP contribution is -1.87. The first-order valence-corrected chi connectivity index (χ1v) is 2.18. The van der Waals surface area contributed by atoms with Crippen molar-refractivity contribution in [2.24, 2.45) is 0 Å². The second kappa shape index (κ2) is 2.29. The molecule has 0 saturated heterocycles. The van der Waals surface area contributed by atoms with Crippen molar-refractivity contribution in [1.29, 1.82) is 0 Å². The lowest BCUT2D eigenvalue weighted by molar-refractivity contribution is 0.290. The molecule has 7 heavy (non-hydrogen) atoms. The minimum absolute atomic E-state index is 0.670. The van der Waals surface area contributed by atoms with Crippen LogP contribution in [0.3, 0.4) is 0 Å². The van der Waals surface area contributed by atoms with Gasteiger partial charge in [-0.3, -0.25) is 0 Å². The first kappa shape index (κ1) is 4.24. The summed E-state index contributed by atoms with van der Waals surface area (Å²) < 4.78 is 4.86. The monoisotopic (exact) mass is 97.1 g/mol. The highest BCUT2D eigenvalue weighted by Gasteiger charge is 1.76. The van der Waals surface area contributed by atoms with Gasteiger partial charge >= 0.3 is 0 Å². The molecule has 0 spiro atoms. The summed E-state index contributed by atoms with van der Waals surface area (Å²) in [4.78, 5) is 0. The van der Waals surface area contributed by atoms with Crippen LogP contribution in [0.5, 0.6) is 0 Å². The average molecular weight is 97.1 g/mol. The second-order valence-corrected chi connectivity index (χ2v) is 1.21. The van der Waals surface area contributed by atoms with Gasteiger partial charge in [-0.05, 0) is 12.3 Å². The molecule has 0 amide bonds. The zero-order valence-electron chi connectivity index (χ0n) is 3.92. The van der Waals surface area contributed by atoms with Crippen LogP contribution in [0.2, 0.25) is 0 Å². The topological polar surface area (TPSA) is 21.3 Å². The molecule has 0 bridgehead atoms. The Kier molecular flexibility index (Phi) is 1.39. The van der Waals surface area contributed by atoms with Crippen LogP contribution in [0.15, 0.2) is 24.7 Å². The van der Waals surface area contributed by atoms with E-state index >= 15 is 0 Å². The summed E-state index contributed by atoms with van der Waals surface area (Å²) in [6, 6.07) is 0. The van der Waals surface area contributed by atoms with Crippen LogP contribution in [0, 0.1) is 0 Å². The Hall–Kier alpha value is -0.920. The van der Waals surface area contributed by atoms with Crippen molar-refractivity contribution < 1.29 is 4.74 Å². The Morgan fingerprint density at radius 1 is 1.43 bits per heavy atom. The molecule has 0 unspecified atom stereocenters. The van der Waals surface area contributed by atoms with Crippen molar-refractivity contribution in [2.75, 3.05) is 6.61 Å². The van der Waals surface area contributed by atoms with Gasteiger partial charge in [0, 0.05) is 6.20 Å². The maximum atomic E-state index is 4.86. The van der Waals surface area contributed by atoms with Gasteiger partial charge in [0.1, 0.15) is 6.61 Å². The van der Waals surface area contributed by atoms with E-state index in [1.807, 2.05) is 12.3 Å². The quantitative estimate of drug-likeness (QED) is 0.477. The molecule has 0 atom stereocenters. The van der Waals surface area contributed by atoms with Crippen LogP contribution < -0.4 is 5.32 Å². The van der Waals surface area contributed by atoms with Gasteiger partial charge in [-0.1, -0.05) is 0 Å². The normalized spacial score (nSPS) is 17.1. The van der Waals surface area contributed by atoms with Crippen LogP contribution in [0.4, 0.5) is 0 Å². The first-order valence-electron chi connectivity index (χ1n) is 2.18. The second-order valence-electron chi connectivity index (χ2n) is 1.21. The summed E-state index contributed by atoms with van der Waals surface area (Å²) in [6.45, 7) is 0.670. The fraction of sp³-hybridized carbons (Fsp3) is 0.200. The van der Waals surface area contributed by atoms with Crippen molar-refractivity contribution in [3.63, 3.8) is 0 Å². The smallest absolute Gasteiger partial charge is 0.107 e. The number of hydrogen-bond acceptors (Lipinski definition) is 2. The molecule has 1 aliphatic rings. The Morgan fingerprint density at radius 3 is 3.43 bits per heavy atom. The maximum absolute atomic E-state index is 4.86. The zero-order chi connectivity index (χ0) is 4.95. The van der Waals surface area contributed by atoms with Gasteiger partial charge in [0.2, 0.25) is 0 Å². The van der Waals surface area contributed by atoms with E-state index in [0.29, 0.717) is 6.61 Å². The summed E-state index contributed by atoms with van der Waals surface area (Å²) in [7, 11) is 0. The van der Waals surface area contributed by atoms with Crippen LogP contribution in [0.25, 0.3) is 0 Å². The molecule has 0 aromatic heterocycles. The van der Waals surface area contributed by atoms with Gasteiger partial charge in [-0.15, -0.1) is 0 Å². The van der Waals surface area contributed by atoms with E-state index in [4.69, 9.17) is 4.74 Å². The fourth-order valence-electron chi connectivity index (χ4n) is 0.370. The van der Waals surface area contributed by atoms with Crippen LogP contribution >= 0.6 is 0 Å². The van der Waals surface area contributed by atoms with E-state index in [-0.39, 0.29) is 0 Å². The molecule has 0 aromatic rings. The van der Waals surface area contributed by atoms with Crippen LogP contribution in [-0.2, 0) is 4.74 Å². The van der Waals surface area contributed by atoms with Crippen LogP contribution in [-0.4, -0.2) is 6.61 Å². The van der Waals surface area contributed by atoms with E-state index in [1.54, 1.807) is 12.5 Å². The third-order valence-electron chi connectivity index (χ3n) is 0.667. The largest absolute Gasteiger partial charge is 0.496 e. The molecule has 38 valence electrons. The number of nitrogens with one attached hydrogen (secondary N) is 1. The van der Waals surface area contributed by atoms with E-state index < -0.39 is 0 Å². The Labute approximate surface area is 42.5 Å². The summed E-state index contributed by atoms with van der Waals surface area (Å²) in [5, 5.41) is 2.86. The van der Waals surface area contributed by atoms with E-state index in [0.717, 1.165) is 0 Å². The number of rotatable bonds is 0. The fourth-order valence-corrected chi connectivity index (χ4v) is 0.370. The lowest BCUT2D eigenvalue weighted by atomic mass is 10.7. The third kappa shape index (κ3) is 1.30. The Balaban J connectivity index is 2.38. The predicted molar refractivity (Wildman–Crippen MR) is 27.4 cm³/mol. The molecular formula is C5H7NO. The van der Waals surface area contributed by atoms with Crippen molar-refractivity contribution in [3.8, 4) is 0 Å². The minimum Gasteiger partial charge on any atom is -0.496 e. The first-order chi connectivity index (χ1) is 3.50. The molecule has 1 aliphatic heterocycles. The van der Waals surface area contributed by atoms with E-state index in [2.05, 4.69) is 5.32 Å². The molecule has 2 nitrogen and oxygen atoms in total. The highest BCUT2D eigenvalue weighted by atomic mass is 16.5. The van der Waals surface area contributed by atoms with Gasteiger partial charge in [0.25, 0.3) is 0 Å². The molecule has 0 radical (unpaired) electrons. The molecule has 2 heteroatoms. The lowest BCUT2D eigenvalue weighted by Gasteiger charge is -1.85. The summed E-state index contributed by atoms with van der Waals surface area (Å²) in [5.41, 5.74) is 0. The summed E-state index contributed by atoms with van der Waals surface area (Å²) in [5.74, 6) is 0. The van der Waals surface area contributed by atoms with E-state index in [1.165, 1.54) is 0 Å². The SMILES string of the molecule is C1=CNC=COC1. The molecule has 0 saturated carbocycles. The molecule has 1 N–H and O–H groups in total. The van der Waals surface area contributed by atoms with Gasteiger partial charge in [0.05, 0.1) is 6.26 Å². The molecule has 0 fully saturated rings. The summed E-state index contributed by atoms with van der Waals surface area (Å²) >= 11 is 0. The summed E-state index contributed by atoms with van der Waals surface area (Å²) in [6.07, 6.45) is 7.10. The minimum atomic E-state index is 0.670. The van der Waals surface area contributed by atoms with Gasteiger partial charge in [0.15, 0.2) is 0 Å². The highest BCUT2D eigenvalue weighted by Crippen LogP contribution is 1.81. The highest BCUT2D eigenvalue weighted by molar-refractivity contribution is 4.89.